The molecule has 0 aliphatic rings. The predicted molar refractivity (Wildman–Crippen MR) is 93.1 cm³/mol. The summed E-state index contributed by atoms with van der Waals surface area (Å²) in [4.78, 5) is 5.61. The largest absolute Gasteiger partial charge is 0.369 e. The van der Waals surface area contributed by atoms with E-state index in [9.17, 15) is 0 Å². The first kappa shape index (κ1) is 16.5. The first-order chi connectivity index (χ1) is 10.0. The average molecular weight is 341 g/mol. The van der Waals surface area contributed by atoms with Crippen molar-refractivity contribution < 1.29 is 0 Å². The molecule has 5 heteroatoms. The summed E-state index contributed by atoms with van der Waals surface area (Å²) < 4.78 is 0. The molecule has 1 N–H and O–H groups in total. The Morgan fingerprint density at radius 3 is 2.38 bits per heavy atom. The van der Waals surface area contributed by atoms with Crippen molar-refractivity contribution in [3.05, 3.63) is 45.9 Å². The van der Waals surface area contributed by atoms with Crippen LogP contribution >= 0.6 is 35.0 Å². The molecule has 1 aromatic heterocycles. The molecule has 2 nitrogen and oxygen atoms in total. The zero-order valence-corrected chi connectivity index (χ0v) is 14.6. The molecule has 1 aromatic carbocycles. The number of pyridine rings is 1. The summed E-state index contributed by atoms with van der Waals surface area (Å²) in [5.74, 6) is 1.20. The monoisotopic (exact) mass is 340 g/mol. The maximum atomic E-state index is 6.24. The summed E-state index contributed by atoms with van der Waals surface area (Å²) in [6.07, 6.45) is 0. The number of halogens is 2. The predicted octanol–water partition coefficient (Wildman–Crippen LogP) is 6.09. The Kier molecular flexibility index (Phi) is 5.80. The van der Waals surface area contributed by atoms with E-state index >= 15 is 0 Å². The number of rotatable bonds is 5. The summed E-state index contributed by atoms with van der Waals surface area (Å²) >= 11 is 13.9. The molecule has 112 valence electrons. The number of hydrogen-bond acceptors (Lipinski definition) is 3. The van der Waals surface area contributed by atoms with Gasteiger partial charge in [0.05, 0.1) is 10.0 Å². The highest BCUT2D eigenvalue weighted by atomic mass is 35.5. The summed E-state index contributed by atoms with van der Waals surface area (Å²) in [5.41, 5.74) is 1.32. The van der Waals surface area contributed by atoms with Gasteiger partial charge in [-0.3, -0.25) is 0 Å². The minimum absolute atomic E-state index is 0.529. The van der Waals surface area contributed by atoms with Gasteiger partial charge in [0.25, 0.3) is 0 Å². The van der Waals surface area contributed by atoms with E-state index in [2.05, 4.69) is 48.4 Å². The molecular weight excluding hydrogens is 323 g/mol. The second-order valence-electron chi connectivity index (χ2n) is 4.96. The Morgan fingerprint density at radius 2 is 1.81 bits per heavy atom. The summed E-state index contributed by atoms with van der Waals surface area (Å²) in [6, 6.07) is 10.2. The highest BCUT2D eigenvalue weighted by Crippen LogP contribution is 2.36. The van der Waals surface area contributed by atoms with Gasteiger partial charge < -0.3 is 5.32 Å². The van der Waals surface area contributed by atoms with Crippen LogP contribution in [0, 0.1) is 0 Å². The van der Waals surface area contributed by atoms with Crippen molar-refractivity contribution in [3.63, 3.8) is 0 Å². The zero-order valence-electron chi connectivity index (χ0n) is 12.3. The Balaban J connectivity index is 2.24. The van der Waals surface area contributed by atoms with Crippen molar-refractivity contribution in [2.45, 2.75) is 36.6 Å². The van der Waals surface area contributed by atoms with E-state index < -0.39 is 0 Å². The van der Waals surface area contributed by atoms with E-state index in [-0.39, 0.29) is 0 Å². The lowest BCUT2D eigenvalue weighted by Gasteiger charge is -2.10. The maximum absolute atomic E-state index is 6.24. The van der Waals surface area contributed by atoms with Gasteiger partial charge in [0.2, 0.25) is 0 Å². The second-order valence-corrected chi connectivity index (χ2v) is 6.84. The van der Waals surface area contributed by atoms with Crippen LogP contribution in [-0.2, 0) is 0 Å². The van der Waals surface area contributed by atoms with Gasteiger partial charge >= 0.3 is 0 Å². The average Bonchev–Trinajstić information content (AvgIpc) is 2.45. The van der Waals surface area contributed by atoms with Gasteiger partial charge in [-0.2, -0.15) is 0 Å². The fourth-order valence-corrected chi connectivity index (χ4v) is 3.18. The highest BCUT2D eigenvalue weighted by Gasteiger charge is 2.10. The molecule has 0 atom stereocenters. The van der Waals surface area contributed by atoms with Crippen molar-refractivity contribution in [3.8, 4) is 0 Å². The topological polar surface area (TPSA) is 24.9 Å². The summed E-state index contributed by atoms with van der Waals surface area (Å²) in [6.45, 7) is 7.14. The maximum Gasteiger partial charge on any atom is 0.146 e. The normalized spacial score (nSPS) is 11.0. The van der Waals surface area contributed by atoms with Crippen molar-refractivity contribution in [1.29, 1.82) is 0 Å². The lowest BCUT2D eigenvalue weighted by Crippen LogP contribution is -2.00. The first-order valence-electron chi connectivity index (χ1n) is 6.89. The van der Waals surface area contributed by atoms with Crippen LogP contribution in [0.1, 0.15) is 32.3 Å². The molecule has 0 aliphatic carbocycles. The van der Waals surface area contributed by atoms with Crippen LogP contribution in [0.3, 0.4) is 0 Å². The van der Waals surface area contributed by atoms with Crippen LogP contribution in [0.2, 0.25) is 10.0 Å². The molecule has 0 saturated heterocycles. The summed E-state index contributed by atoms with van der Waals surface area (Å²) in [7, 11) is 0. The Labute approximate surface area is 140 Å². The molecule has 21 heavy (non-hydrogen) atoms. The van der Waals surface area contributed by atoms with Crippen molar-refractivity contribution in [2.75, 3.05) is 11.9 Å². The smallest absolute Gasteiger partial charge is 0.146 e. The Morgan fingerprint density at radius 1 is 1.14 bits per heavy atom. The van der Waals surface area contributed by atoms with Gasteiger partial charge in [-0.25, -0.2) is 4.98 Å². The van der Waals surface area contributed by atoms with Crippen LogP contribution in [-0.4, -0.2) is 11.5 Å². The van der Waals surface area contributed by atoms with Gasteiger partial charge in [0.1, 0.15) is 10.8 Å². The lowest BCUT2D eigenvalue weighted by atomic mass is 10.0. The molecule has 0 fully saturated rings. The van der Waals surface area contributed by atoms with Crippen LogP contribution in [0.15, 0.2) is 40.3 Å². The molecule has 0 saturated carbocycles. The van der Waals surface area contributed by atoms with Crippen molar-refractivity contribution in [1.82, 2.24) is 4.98 Å². The third-order valence-corrected chi connectivity index (χ3v) is 4.70. The van der Waals surface area contributed by atoms with E-state index in [0.29, 0.717) is 21.8 Å². The molecule has 0 amide bonds. The van der Waals surface area contributed by atoms with Gasteiger partial charge in [-0.05, 0) is 36.6 Å². The standard InChI is InChI=1S/C16H18Cl2N2S/c1-4-19-15-13(17)9-14(18)16(20-15)21-12-7-5-11(6-8-12)10(2)3/h5-10H,4H2,1-3H3,(H,19,20). The fraction of sp³-hybridized carbons (Fsp3) is 0.312. The number of aromatic nitrogens is 1. The molecule has 1 heterocycles. The lowest BCUT2D eigenvalue weighted by molar-refractivity contribution is 0.865. The Hall–Kier alpha value is -0.900. The molecule has 0 spiro atoms. The molecule has 2 aromatic rings. The second kappa shape index (κ2) is 7.39. The van der Waals surface area contributed by atoms with Crippen LogP contribution in [0.25, 0.3) is 0 Å². The van der Waals surface area contributed by atoms with E-state index in [0.717, 1.165) is 16.5 Å². The van der Waals surface area contributed by atoms with E-state index in [1.54, 1.807) is 17.8 Å². The van der Waals surface area contributed by atoms with E-state index in [1.807, 2.05) is 6.92 Å². The zero-order chi connectivity index (χ0) is 15.4. The minimum Gasteiger partial charge on any atom is -0.369 e. The molecule has 0 radical (unpaired) electrons. The quantitative estimate of drug-likeness (QED) is 0.712. The van der Waals surface area contributed by atoms with Crippen LogP contribution in [0.5, 0.6) is 0 Å². The van der Waals surface area contributed by atoms with Gasteiger partial charge in [0, 0.05) is 11.4 Å². The number of nitrogens with one attached hydrogen (secondary N) is 1. The van der Waals surface area contributed by atoms with Crippen LogP contribution in [0.4, 0.5) is 5.82 Å². The van der Waals surface area contributed by atoms with Gasteiger partial charge in [-0.15, -0.1) is 0 Å². The Bertz CT molecular complexity index is 612. The van der Waals surface area contributed by atoms with E-state index in [1.165, 1.54) is 5.56 Å². The van der Waals surface area contributed by atoms with Gasteiger partial charge in [-0.1, -0.05) is 60.9 Å². The minimum atomic E-state index is 0.529. The number of benzene rings is 1. The van der Waals surface area contributed by atoms with E-state index in [4.69, 9.17) is 23.2 Å². The fourth-order valence-electron chi connectivity index (χ4n) is 1.85. The SMILES string of the molecule is CCNc1nc(Sc2ccc(C(C)C)cc2)c(Cl)cc1Cl. The molecule has 0 bridgehead atoms. The third-order valence-electron chi connectivity index (χ3n) is 3.00. The van der Waals surface area contributed by atoms with Crippen molar-refractivity contribution >= 4 is 40.8 Å². The molecular formula is C16H18Cl2N2S. The summed E-state index contributed by atoms with van der Waals surface area (Å²) in [5, 5.41) is 5.01. The first-order valence-corrected chi connectivity index (χ1v) is 8.46. The molecule has 0 aliphatic heterocycles. The number of anilines is 1. The van der Waals surface area contributed by atoms with Crippen molar-refractivity contribution in [2.24, 2.45) is 0 Å². The van der Waals surface area contributed by atoms with Crippen LogP contribution < -0.4 is 5.32 Å². The number of hydrogen-bond donors (Lipinski definition) is 1. The third kappa shape index (κ3) is 4.29. The van der Waals surface area contributed by atoms with Gasteiger partial charge in [0.15, 0.2) is 0 Å². The molecule has 0 unspecified atom stereocenters. The molecule has 2 rings (SSSR count). The highest BCUT2D eigenvalue weighted by molar-refractivity contribution is 7.99. The number of nitrogens with zero attached hydrogens (tertiary/aromatic N) is 1.